The van der Waals surface area contributed by atoms with Crippen LogP contribution in [0.1, 0.15) is 41.3 Å². The summed E-state index contributed by atoms with van der Waals surface area (Å²) in [5.41, 5.74) is 2.79. The van der Waals surface area contributed by atoms with E-state index in [1.165, 1.54) is 11.8 Å². The number of aromatic nitrogens is 1. The number of nitrogens with zero attached hydrogens (tertiary/aromatic N) is 1. The van der Waals surface area contributed by atoms with Crippen molar-refractivity contribution in [2.75, 3.05) is 0 Å². The van der Waals surface area contributed by atoms with Crippen LogP contribution in [0.5, 0.6) is 11.5 Å². The third kappa shape index (κ3) is 3.19. The summed E-state index contributed by atoms with van der Waals surface area (Å²) in [6, 6.07) is 7.86. The number of benzene rings is 1. The van der Waals surface area contributed by atoms with Crippen LogP contribution in [0.15, 0.2) is 36.7 Å². The summed E-state index contributed by atoms with van der Waals surface area (Å²) >= 11 is 0. The van der Waals surface area contributed by atoms with Gasteiger partial charge in [0.1, 0.15) is 11.5 Å². The number of carbonyl (C=O) groups excluding carboxylic acids is 1. The molecule has 0 atom stereocenters. The van der Waals surface area contributed by atoms with Gasteiger partial charge >= 0.3 is 0 Å². The molecular weight excluding hydrogens is 238 g/mol. The lowest BCUT2D eigenvalue weighted by atomic mass is 10.0. The number of hydrogen-bond donors (Lipinski definition) is 0. The highest BCUT2D eigenvalue weighted by molar-refractivity contribution is 5.74. The average molecular weight is 255 g/mol. The van der Waals surface area contributed by atoms with Crippen LogP contribution in [0.25, 0.3) is 0 Å². The van der Waals surface area contributed by atoms with Gasteiger partial charge in [-0.2, -0.15) is 0 Å². The van der Waals surface area contributed by atoms with E-state index in [0.29, 0.717) is 17.2 Å². The zero-order valence-corrected chi connectivity index (χ0v) is 11.4. The normalized spacial score (nSPS) is 10.5. The number of ether oxygens (including phenoxy) is 1. The molecule has 0 saturated heterocycles. The first-order chi connectivity index (χ1) is 9.10. The van der Waals surface area contributed by atoms with Crippen molar-refractivity contribution in [2.45, 2.75) is 26.7 Å². The fraction of sp³-hybridized carbons (Fsp3) is 0.250. The summed E-state index contributed by atoms with van der Waals surface area (Å²) in [6.07, 6.45) is 3.88. The predicted octanol–water partition coefficient (Wildman–Crippen LogP) is 4.12. The van der Waals surface area contributed by atoms with Crippen LogP contribution in [-0.4, -0.2) is 11.3 Å². The van der Waals surface area contributed by atoms with Gasteiger partial charge in [-0.05, 0) is 36.1 Å². The minimum atomic E-state index is 0.447. The minimum Gasteiger partial charge on any atom is -0.455 e. The quantitative estimate of drug-likeness (QED) is 0.771. The highest BCUT2D eigenvalue weighted by Crippen LogP contribution is 2.28. The van der Waals surface area contributed by atoms with Crippen molar-refractivity contribution in [1.29, 1.82) is 0 Å². The molecule has 0 radical (unpaired) electrons. The molecule has 1 heterocycles. The van der Waals surface area contributed by atoms with Gasteiger partial charge in [0.25, 0.3) is 0 Å². The maximum absolute atomic E-state index is 10.7. The lowest BCUT2D eigenvalue weighted by molar-refractivity contribution is 0.112. The minimum absolute atomic E-state index is 0.447. The molecule has 0 amide bonds. The van der Waals surface area contributed by atoms with Gasteiger partial charge in [0.05, 0.1) is 6.20 Å². The van der Waals surface area contributed by atoms with Gasteiger partial charge in [0.15, 0.2) is 6.29 Å². The molecule has 19 heavy (non-hydrogen) atoms. The van der Waals surface area contributed by atoms with E-state index in [-0.39, 0.29) is 0 Å². The van der Waals surface area contributed by atoms with E-state index in [2.05, 4.69) is 24.9 Å². The number of hydrogen-bond acceptors (Lipinski definition) is 3. The molecule has 0 fully saturated rings. The molecule has 2 rings (SSSR count). The van der Waals surface area contributed by atoms with Crippen LogP contribution < -0.4 is 4.74 Å². The predicted molar refractivity (Wildman–Crippen MR) is 75.0 cm³/mol. The number of carbonyl (C=O) groups is 1. The average Bonchev–Trinajstić information content (AvgIpc) is 2.41. The smallest absolute Gasteiger partial charge is 0.151 e. The van der Waals surface area contributed by atoms with E-state index in [1.807, 2.05) is 19.1 Å². The van der Waals surface area contributed by atoms with Crippen LogP contribution in [-0.2, 0) is 0 Å². The fourth-order valence-corrected chi connectivity index (χ4v) is 1.77. The Hall–Kier alpha value is -2.16. The summed E-state index contributed by atoms with van der Waals surface area (Å²) in [7, 11) is 0. The van der Waals surface area contributed by atoms with E-state index in [0.717, 1.165) is 17.6 Å². The largest absolute Gasteiger partial charge is 0.455 e. The van der Waals surface area contributed by atoms with Gasteiger partial charge in [-0.1, -0.05) is 26.0 Å². The first kappa shape index (κ1) is 13.3. The number of aldehydes is 1. The van der Waals surface area contributed by atoms with E-state index in [9.17, 15) is 4.79 Å². The zero-order chi connectivity index (χ0) is 13.8. The van der Waals surface area contributed by atoms with Crippen LogP contribution in [0, 0.1) is 6.92 Å². The molecule has 3 heteroatoms. The van der Waals surface area contributed by atoms with Crippen molar-refractivity contribution in [3.05, 3.63) is 53.3 Å². The summed E-state index contributed by atoms with van der Waals surface area (Å²) in [6.45, 7) is 6.28. The molecule has 3 nitrogen and oxygen atoms in total. The number of pyridine rings is 1. The van der Waals surface area contributed by atoms with Crippen molar-refractivity contribution in [2.24, 2.45) is 0 Å². The lowest BCUT2D eigenvalue weighted by Gasteiger charge is -2.12. The third-order valence-corrected chi connectivity index (χ3v) is 2.98. The van der Waals surface area contributed by atoms with Gasteiger partial charge in [-0.25, -0.2) is 0 Å². The monoisotopic (exact) mass is 255 g/mol. The molecule has 0 spiro atoms. The van der Waals surface area contributed by atoms with Crippen molar-refractivity contribution < 1.29 is 9.53 Å². The molecule has 0 aliphatic carbocycles. The molecule has 0 aliphatic heterocycles. The Balaban J connectivity index is 2.31. The standard InChI is InChI=1S/C16H17NO2/c1-11(2)14-5-4-12(3)16(7-14)19-15-6-13(10-18)8-17-9-15/h4-11H,1-3H3. The molecule has 0 aliphatic rings. The van der Waals surface area contributed by atoms with Crippen molar-refractivity contribution in [1.82, 2.24) is 4.98 Å². The van der Waals surface area contributed by atoms with Crippen LogP contribution in [0.2, 0.25) is 0 Å². The van der Waals surface area contributed by atoms with Gasteiger partial charge < -0.3 is 4.74 Å². The molecule has 0 saturated carbocycles. The van der Waals surface area contributed by atoms with Crippen molar-refractivity contribution in [3.63, 3.8) is 0 Å². The molecule has 0 bridgehead atoms. The Morgan fingerprint density at radius 2 is 2.00 bits per heavy atom. The summed E-state index contributed by atoms with van der Waals surface area (Å²) in [5, 5.41) is 0. The van der Waals surface area contributed by atoms with Gasteiger partial charge in [-0.15, -0.1) is 0 Å². The number of rotatable bonds is 4. The Labute approximate surface area is 113 Å². The van der Waals surface area contributed by atoms with Crippen molar-refractivity contribution >= 4 is 6.29 Å². The Morgan fingerprint density at radius 3 is 2.68 bits per heavy atom. The van der Waals surface area contributed by atoms with Gasteiger partial charge in [0.2, 0.25) is 0 Å². The van der Waals surface area contributed by atoms with Crippen LogP contribution in [0.4, 0.5) is 0 Å². The molecule has 1 aromatic carbocycles. The molecule has 0 N–H and O–H groups in total. The first-order valence-corrected chi connectivity index (χ1v) is 6.29. The maximum atomic E-state index is 10.7. The summed E-state index contributed by atoms with van der Waals surface area (Å²) in [4.78, 5) is 14.7. The Morgan fingerprint density at radius 1 is 1.21 bits per heavy atom. The molecule has 2 aromatic rings. The van der Waals surface area contributed by atoms with Crippen LogP contribution >= 0.6 is 0 Å². The summed E-state index contributed by atoms with van der Waals surface area (Å²) < 4.78 is 5.82. The third-order valence-electron chi connectivity index (χ3n) is 2.98. The zero-order valence-electron chi connectivity index (χ0n) is 11.4. The van der Waals surface area contributed by atoms with E-state index in [4.69, 9.17) is 4.74 Å². The van der Waals surface area contributed by atoms with Gasteiger partial charge in [-0.3, -0.25) is 9.78 Å². The second-order valence-corrected chi connectivity index (χ2v) is 4.85. The second kappa shape index (κ2) is 5.65. The molecular formula is C16H17NO2. The lowest BCUT2D eigenvalue weighted by Crippen LogP contribution is -1.93. The highest BCUT2D eigenvalue weighted by atomic mass is 16.5. The fourth-order valence-electron chi connectivity index (χ4n) is 1.77. The molecule has 1 aromatic heterocycles. The van der Waals surface area contributed by atoms with E-state index < -0.39 is 0 Å². The van der Waals surface area contributed by atoms with E-state index in [1.54, 1.807) is 12.3 Å². The van der Waals surface area contributed by atoms with Crippen molar-refractivity contribution in [3.8, 4) is 11.5 Å². The number of aryl methyl sites for hydroxylation is 1. The van der Waals surface area contributed by atoms with E-state index >= 15 is 0 Å². The molecule has 0 unspecified atom stereocenters. The highest BCUT2D eigenvalue weighted by Gasteiger charge is 2.06. The van der Waals surface area contributed by atoms with Crippen LogP contribution in [0.3, 0.4) is 0 Å². The molecule has 98 valence electrons. The second-order valence-electron chi connectivity index (χ2n) is 4.85. The Bertz CT molecular complexity index is 591. The topological polar surface area (TPSA) is 39.2 Å². The maximum Gasteiger partial charge on any atom is 0.151 e. The van der Waals surface area contributed by atoms with Gasteiger partial charge in [0, 0.05) is 11.8 Å². The Kier molecular flexibility index (Phi) is 3.95. The first-order valence-electron chi connectivity index (χ1n) is 6.29. The SMILES string of the molecule is Cc1ccc(C(C)C)cc1Oc1cncc(C=O)c1. The summed E-state index contributed by atoms with van der Waals surface area (Å²) in [5.74, 6) is 1.83.